The highest BCUT2D eigenvalue weighted by Gasteiger charge is 2.28. The minimum absolute atomic E-state index is 0.125. The molecule has 0 amide bonds. The predicted molar refractivity (Wildman–Crippen MR) is 142 cm³/mol. The van der Waals surface area contributed by atoms with Crippen LogP contribution in [0.5, 0.6) is 0 Å². The molecule has 37 heavy (non-hydrogen) atoms. The molecule has 2 aromatic carbocycles. The standard InChI is InChI=1S/C28H28FN5O3/c1-17-14-30-27(31-17)19-4-2-18(3-5-19)15-32-8-10-33(11-9-32)25-13-24-21(12-23(25)29)26(35)22(28(36)37)16-34(24)20-6-7-20/h2-5,12-13,16,20H,6-11,14-15H2,1H3,(H,36,37). The first kappa shape index (κ1) is 23.5. The lowest BCUT2D eigenvalue weighted by Gasteiger charge is -2.36. The van der Waals surface area contributed by atoms with Gasteiger partial charge in [-0.05, 0) is 37.5 Å². The van der Waals surface area contributed by atoms with Gasteiger partial charge in [0.15, 0.2) is 5.84 Å². The summed E-state index contributed by atoms with van der Waals surface area (Å²) >= 11 is 0. The maximum atomic E-state index is 15.2. The summed E-state index contributed by atoms with van der Waals surface area (Å²) in [6.45, 7) is 6.34. The number of rotatable bonds is 6. The number of aliphatic imine (C=N–C) groups is 2. The monoisotopic (exact) mass is 501 g/mol. The summed E-state index contributed by atoms with van der Waals surface area (Å²) in [7, 11) is 0. The molecule has 2 aliphatic heterocycles. The second-order valence-corrected chi connectivity index (χ2v) is 10.1. The third-order valence-electron chi connectivity index (χ3n) is 7.36. The second kappa shape index (κ2) is 9.23. The Balaban J connectivity index is 1.18. The molecule has 0 unspecified atom stereocenters. The van der Waals surface area contributed by atoms with Crippen molar-refractivity contribution in [3.8, 4) is 0 Å². The number of hydrogen-bond donors (Lipinski definition) is 1. The van der Waals surface area contributed by atoms with Crippen molar-refractivity contribution in [1.82, 2.24) is 9.47 Å². The van der Waals surface area contributed by atoms with Crippen LogP contribution in [0.2, 0.25) is 0 Å². The SMILES string of the molecule is CC1=NC(c2ccc(CN3CCN(c4cc5c(cc4F)c(=O)c(C(=O)O)cn5C4CC4)CC3)cc2)=NC1. The van der Waals surface area contributed by atoms with Crippen LogP contribution in [0, 0.1) is 5.82 Å². The first-order chi connectivity index (χ1) is 17.9. The van der Waals surface area contributed by atoms with E-state index in [1.807, 2.05) is 16.4 Å². The number of benzene rings is 2. The lowest BCUT2D eigenvalue weighted by atomic mass is 10.1. The molecule has 1 N–H and O–H groups in total. The van der Waals surface area contributed by atoms with E-state index >= 15 is 4.39 Å². The van der Waals surface area contributed by atoms with Gasteiger partial charge in [0.2, 0.25) is 5.43 Å². The number of aromatic carboxylic acids is 1. The Morgan fingerprint density at radius 2 is 1.84 bits per heavy atom. The lowest BCUT2D eigenvalue weighted by molar-refractivity contribution is 0.0695. The Kier molecular flexibility index (Phi) is 5.87. The van der Waals surface area contributed by atoms with Gasteiger partial charge in [-0.3, -0.25) is 14.7 Å². The highest BCUT2D eigenvalue weighted by atomic mass is 19.1. The van der Waals surface area contributed by atoms with Crippen LogP contribution in [0.4, 0.5) is 10.1 Å². The quantitative estimate of drug-likeness (QED) is 0.556. The van der Waals surface area contributed by atoms with E-state index in [0.717, 1.165) is 49.6 Å². The van der Waals surface area contributed by atoms with Crippen molar-refractivity contribution in [2.45, 2.75) is 32.4 Å². The van der Waals surface area contributed by atoms with E-state index in [-0.39, 0.29) is 17.0 Å². The third kappa shape index (κ3) is 4.55. The molecule has 1 aliphatic carbocycles. The molecule has 3 aromatic rings. The number of piperazine rings is 1. The van der Waals surface area contributed by atoms with E-state index < -0.39 is 17.2 Å². The smallest absolute Gasteiger partial charge is 0.341 e. The Hall–Kier alpha value is -3.85. The minimum atomic E-state index is -1.28. The number of halogens is 1. The van der Waals surface area contributed by atoms with E-state index in [9.17, 15) is 14.7 Å². The molecule has 1 saturated carbocycles. The van der Waals surface area contributed by atoms with Crippen molar-refractivity contribution in [2.75, 3.05) is 37.6 Å². The minimum Gasteiger partial charge on any atom is -0.477 e. The fraction of sp³-hybridized carbons (Fsp3) is 0.357. The molecule has 2 fully saturated rings. The van der Waals surface area contributed by atoms with Crippen molar-refractivity contribution < 1.29 is 14.3 Å². The summed E-state index contributed by atoms with van der Waals surface area (Å²) in [5.41, 5.74) is 3.37. The van der Waals surface area contributed by atoms with Crippen LogP contribution in [-0.2, 0) is 6.54 Å². The van der Waals surface area contributed by atoms with Crippen LogP contribution in [-0.4, -0.2) is 64.8 Å². The Morgan fingerprint density at radius 1 is 1.11 bits per heavy atom. The largest absolute Gasteiger partial charge is 0.477 e. The van der Waals surface area contributed by atoms with Gasteiger partial charge in [-0.1, -0.05) is 24.3 Å². The normalized spacial score (nSPS) is 18.3. The number of carboxylic acid groups (broad SMARTS) is 1. The van der Waals surface area contributed by atoms with Gasteiger partial charge in [-0.25, -0.2) is 14.2 Å². The number of carbonyl (C=O) groups is 1. The summed E-state index contributed by atoms with van der Waals surface area (Å²) < 4.78 is 17.1. The molecule has 8 nitrogen and oxygen atoms in total. The summed E-state index contributed by atoms with van der Waals surface area (Å²) in [6.07, 6.45) is 3.26. The topological polar surface area (TPSA) is 90.5 Å². The molecule has 6 rings (SSSR count). The average molecular weight is 502 g/mol. The molecule has 3 heterocycles. The molecule has 0 atom stereocenters. The van der Waals surface area contributed by atoms with Crippen molar-refractivity contribution in [3.63, 3.8) is 0 Å². The number of aromatic nitrogens is 1. The van der Waals surface area contributed by atoms with Crippen LogP contribution in [0.25, 0.3) is 10.9 Å². The zero-order chi connectivity index (χ0) is 25.7. The van der Waals surface area contributed by atoms with Gasteiger partial charge in [0.1, 0.15) is 11.4 Å². The molecule has 1 saturated heterocycles. The highest BCUT2D eigenvalue weighted by molar-refractivity contribution is 6.10. The zero-order valence-corrected chi connectivity index (χ0v) is 20.7. The molecule has 1 aromatic heterocycles. The van der Waals surface area contributed by atoms with Crippen molar-refractivity contribution in [3.05, 3.63) is 75.3 Å². The van der Waals surface area contributed by atoms with Gasteiger partial charge < -0.3 is 14.6 Å². The summed E-state index contributed by atoms with van der Waals surface area (Å²) in [5, 5.41) is 9.58. The summed E-state index contributed by atoms with van der Waals surface area (Å²) in [4.78, 5) is 37.6. The first-order valence-corrected chi connectivity index (χ1v) is 12.6. The number of nitrogens with zero attached hydrogens (tertiary/aromatic N) is 5. The van der Waals surface area contributed by atoms with Gasteiger partial charge in [0.25, 0.3) is 0 Å². The molecule has 0 spiro atoms. The molecular formula is C28H28FN5O3. The van der Waals surface area contributed by atoms with E-state index in [2.05, 4.69) is 39.2 Å². The van der Waals surface area contributed by atoms with E-state index in [1.165, 1.54) is 17.8 Å². The fourth-order valence-electron chi connectivity index (χ4n) is 5.17. The summed E-state index contributed by atoms with van der Waals surface area (Å²) in [6, 6.07) is 11.4. The first-order valence-electron chi connectivity index (χ1n) is 12.6. The molecule has 0 bridgehead atoms. The van der Waals surface area contributed by atoms with E-state index in [1.54, 1.807) is 6.07 Å². The molecular weight excluding hydrogens is 473 g/mol. The number of pyridine rings is 1. The van der Waals surface area contributed by atoms with Crippen LogP contribution in [0.15, 0.2) is 57.4 Å². The van der Waals surface area contributed by atoms with Crippen molar-refractivity contribution >= 4 is 34.1 Å². The lowest BCUT2D eigenvalue weighted by Crippen LogP contribution is -2.46. The Labute approximate surface area is 213 Å². The maximum Gasteiger partial charge on any atom is 0.341 e. The van der Waals surface area contributed by atoms with E-state index in [4.69, 9.17) is 0 Å². The van der Waals surface area contributed by atoms with Crippen LogP contribution in [0.1, 0.15) is 47.3 Å². The number of hydrogen-bond acceptors (Lipinski definition) is 6. The van der Waals surface area contributed by atoms with Crippen LogP contribution < -0.4 is 10.3 Å². The van der Waals surface area contributed by atoms with E-state index in [0.29, 0.717) is 30.8 Å². The Morgan fingerprint density at radius 3 is 2.46 bits per heavy atom. The van der Waals surface area contributed by atoms with Crippen molar-refractivity contribution in [1.29, 1.82) is 0 Å². The highest BCUT2D eigenvalue weighted by Crippen LogP contribution is 2.38. The molecule has 9 heteroatoms. The van der Waals surface area contributed by atoms with Gasteiger partial charge in [-0.2, -0.15) is 0 Å². The second-order valence-electron chi connectivity index (χ2n) is 10.1. The number of amidine groups is 1. The van der Waals surface area contributed by atoms with Crippen LogP contribution >= 0.6 is 0 Å². The third-order valence-corrected chi connectivity index (χ3v) is 7.36. The average Bonchev–Trinajstić information content (AvgIpc) is 3.64. The number of carboxylic acids is 1. The summed E-state index contributed by atoms with van der Waals surface area (Å²) in [5.74, 6) is -0.986. The fourth-order valence-corrected chi connectivity index (χ4v) is 5.17. The molecule has 0 radical (unpaired) electrons. The number of anilines is 1. The molecule has 3 aliphatic rings. The maximum absolute atomic E-state index is 15.2. The predicted octanol–water partition coefficient (Wildman–Crippen LogP) is 3.72. The van der Waals surface area contributed by atoms with Gasteiger partial charge >= 0.3 is 5.97 Å². The van der Waals surface area contributed by atoms with Gasteiger partial charge in [0.05, 0.1) is 17.7 Å². The molecule has 190 valence electrons. The van der Waals surface area contributed by atoms with Crippen molar-refractivity contribution in [2.24, 2.45) is 9.98 Å². The van der Waals surface area contributed by atoms with Crippen LogP contribution in [0.3, 0.4) is 0 Å². The Bertz CT molecular complexity index is 1510. The number of fused-ring (bicyclic) bond motifs is 1. The zero-order valence-electron chi connectivity index (χ0n) is 20.7. The van der Waals surface area contributed by atoms with Gasteiger partial charge in [0, 0.05) is 61.6 Å². The van der Waals surface area contributed by atoms with Gasteiger partial charge in [-0.15, -0.1) is 0 Å².